The summed E-state index contributed by atoms with van der Waals surface area (Å²) in [4.78, 5) is 14.4. The van der Waals surface area contributed by atoms with Crippen LogP contribution in [0.1, 0.15) is 16.7 Å². The molecule has 3 aromatic rings. The summed E-state index contributed by atoms with van der Waals surface area (Å²) in [7, 11) is 1.80. The van der Waals surface area contributed by atoms with Gasteiger partial charge in [0.05, 0.1) is 19.2 Å². The molecule has 2 heterocycles. The summed E-state index contributed by atoms with van der Waals surface area (Å²) < 4.78 is 17.4. The standard InChI is InChI=1S/C22H23NO4/c1-14-8-9-18-16(12-26-22(18)15(14)2)10-21(24)23(3)11-17-13-25-19-6-4-5-7-20(19)27-17/h4-9,12,17H,10-11,13H2,1-3H3. The van der Waals surface area contributed by atoms with E-state index in [0.717, 1.165) is 33.6 Å². The van der Waals surface area contributed by atoms with Crippen molar-refractivity contribution in [2.24, 2.45) is 0 Å². The maximum atomic E-state index is 12.7. The molecule has 1 unspecified atom stereocenters. The van der Waals surface area contributed by atoms with Crippen molar-refractivity contribution in [1.82, 2.24) is 4.90 Å². The van der Waals surface area contributed by atoms with Crippen LogP contribution in [-0.4, -0.2) is 37.1 Å². The minimum Gasteiger partial charge on any atom is -0.486 e. The van der Waals surface area contributed by atoms with Crippen LogP contribution in [0.25, 0.3) is 11.0 Å². The Kier molecular flexibility index (Phi) is 4.52. The smallest absolute Gasteiger partial charge is 0.227 e. The molecule has 1 aliphatic heterocycles. The van der Waals surface area contributed by atoms with Gasteiger partial charge in [-0.2, -0.15) is 0 Å². The second kappa shape index (κ2) is 6.99. The van der Waals surface area contributed by atoms with Gasteiger partial charge < -0.3 is 18.8 Å². The minimum absolute atomic E-state index is 0.0263. The fourth-order valence-corrected chi connectivity index (χ4v) is 3.38. The van der Waals surface area contributed by atoms with Gasteiger partial charge in [-0.05, 0) is 37.1 Å². The number of likely N-dealkylation sites (N-methyl/N-ethyl adjacent to an activating group) is 1. The number of rotatable bonds is 4. The van der Waals surface area contributed by atoms with E-state index in [1.807, 2.05) is 37.3 Å². The van der Waals surface area contributed by atoms with Crippen LogP contribution in [0.2, 0.25) is 0 Å². The van der Waals surface area contributed by atoms with Crippen LogP contribution in [0, 0.1) is 13.8 Å². The number of hydrogen-bond acceptors (Lipinski definition) is 4. The molecule has 1 amide bonds. The van der Waals surface area contributed by atoms with Crippen LogP contribution < -0.4 is 9.47 Å². The van der Waals surface area contributed by atoms with E-state index in [-0.39, 0.29) is 12.0 Å². The second-order valence-electron chi connectivity index (χ2n) is 7.09. The largest absolute Gasteiger partial charge is 0.486 e. The Labute approximate surface area is 158 Å². The van der Waals surface area contributed by atoms with E-state index in [4.69, 9.17) is 13.9 Å². The van der Waals surface area contributed by atoms with Gasteiger partial charge in [-0.1, -0.05) is 24.3 Å². The van der Waals surface area contributed by atoms with Gasteiger partial charge in [-0.3, -0.25) is 4.79 Å². The first-order valence-corrected chi connectivity index (χ1v) is 9.11. The number of amides is 1. The van der Waals surface area contributed by atoms with Gasteiger partial charge in [0.15, 0.2) is 17.6 Å². The van der Waals surface area contributed by atoms with Crippen molar-refractivity contribution in [2.45, 2.75) is 26.4 Å². The van der Waals surface area contributed by atoms with Crippen LogP contribution in [-0.2, 0) is 11.2 Å². The molecule has 1 atom stereocenters. The topological polar surface area (TPSA) is 51.9 Å². The summed E-state index contributed by atoms with van der Waals surface area (Å²) in [5.41, 5.74) is 4.07. The summed E-state index contributed by atoms with van der Waals surface area (Å²) >= 11 is 0. The van der Waals surface area contributed by atoms with Crippen molar-refractivity contribution in [3.8, 4) is 11.5 Å². The summed E-state index contributed by atoms with van der Waals surface area (Å²) in [6, 6.07) is 11.7. The summed E-state index contributed by atoms with van der Waals surface area (Å²) in [5.74, 6) is 1.50. The van der Waals surface area contributed by atoms with Crippen molar-refractivity contribution >= 4 is 16.9 Å². The average Bonchev–Trinajstić information content (AvgIpc) is 3.08. The predicted octanol–water partition coefficient (Wildman–Crippen LogP) is 3.89. The monoisotopic (exact) mass is 365 g/mol. The van der Waals surface area contributed by atoms with Crippen molar-refractivity contribution in [2.75, 3.05) is 20.2 Å². The molecule has 0 N–H and O–H groups in total. The van der Waals surface area contributed by atoms with Gasteiger partial charge in [-0.25, -0.2) is 0 Å². The van der Waals surface area contributed by atoms with Crippen LogP contribution in [0.15, 0.2) is 47.1 Å². The molecule has 0 saturated carbocycles. The third-order valence-corrected chi connectivity index (χ3v) is 5.15. The predicted molar refractivity (Wildman–Crippen MR) is 103 cm³/mol. The van der Waals surface area contributed by atoms with Crippen molar-refractivity contribution in [3.05, 3.63) is 59.4 Å². The van der Waals surface area contributed by atoms with E-state index in [0.29, 0.717) is 19.6 Å². The Morgan fingerprint density at radius 3 is 2.74 bits per heavy atom. The van der Waals surface area contributed by atoms with Gasteiger partial charge >= 0.3 is 0 Å². The minimum atomic E-state index is -0.181. The van der Waals surface area contributed by atoms with Gasteiger partial charge in [0.1, 0.15) is 12.2 Å². The molecule has 27 heavy (non-hydrogen) atoms. The number of para-hydroxylation sites is 2. The Morgan fingerprint density at radius 2 is 1.93 bits per heavy atom. The molecule has 1 aromatic heterocycles. The quantitative estimate of drug-likeness (QED) is 0.704. The van der Waals surface area contributed by atoms with E-state index < -0.39 is 0 Å². The number of hydrogen-bond donors (Lipinski definition) is 0. The van der Waals surface area contributed by atoms with E-state index >= 15 is 0 Å². The zero-order chi connectivity index (χ0) is 19.0. The van der Waals surface area contributed by atoms with E-state index in [1.165, 1.54) is 5.56 Å². The molecular weight excluding hydrogens is 342 g/mol. The van der Waals surface area contributed by atoms with Crippen LogP contribution in [0.5, 0.6) is 11.5 Å². The maximum Gasteiger partial charge on any atom is 0.227 e. The van der Waals surface area contributed by atoms with Gasteiger partial charge in [-0.15, -0.1) is 0 Å². The van der Waals surface area contributed by atoms with Crippen LogP contribution in [0.4, 0.5) is 0 Å². The number of aryl methyl sites for hydroxylation is 2. The SMILES string of the molecule is Cc1ccc2c(CC(=O)N(C)CC3COc4ccccc4O3)coc2c1C. The molecular formula is C22H23NO4. The molecule has 2 aromatic carbocycles. The number of benzene rings is 2. The number of nitrogens with zero attached hydrogens (tertiary/aromatic N) is 1. The molecule has 0 spiro atoms. The highest BCUT2D eigenvalue weighted by Gasteiger charge is 2.24. The maximum absolute atomic E-state index is 12.7. The highest BCUT2D eigenvalue weighted by atomic mass is 16.6. The molecule has 0 fully saturated rings. The fourth-order valence-electron chi connectivity index (χ4n) is 3.38. The second-order valence-corrected chi connectivity index (χ2v) is 7.09. The van der Waals surface area contributed by atoms with E-state index in [1.54, 1.807) is 18.2 Å². The van der Waals surface area contributed by atoms with Crippen molar-refractivity contribution in [3.63, 3.8) is 0 Å². The molecule has 140 valence electrons. The zero-order valence-corrected chi connectivity index (χ0v) is 15.8. The Balaban J connectivity index is 1.42. The van der Waals surface area contributed by atoms with Gasteiger partial charge in [0.25, 0.3) is 0 Å². The Morgan fingerprint density at radius 1 is 1.15 bits per heavy atom. The number of furan rings is 1. The number of fused-ring (bicyclic) bond motifs is 2. The highest BCUT2D eigenvalue weighted by Crippen LogP contribution is 2.31. The molecule has 4 rings (SSSR count). The average molecular weight is 365 g/mol. The number of ether oxygens (including phenoxy) is 2. The van der Waals surface area contributed by atoms with E-state index in [9.17, 15) is 4.79 Å². The van der Waals surface area contributed by atoms with Gasteiger partial charge in [0.2, 0.25) is 5.91 Å². The first-order chi connectivity index (χ1) is 13.0. The molecule has 1 aliphatic rings. The molecule has 0 saturated heterocycles. The third kappa shape index (κ3) is 3.37. The van der Waals surface area contributed by atoms with Gasteiger partial charge in [0, 0.05) is 18.0 Å². The lowest BCUT2D eigenvalue weighted by molar-refractivity contribution is -0.130. The first kappa shape index (κ1) is 17.5. The Hall–Kier alpha value is -2.95. The summed E-state index contributed by atoms with van der Waals surface area (Å²) in [5, 5.41) is 1.01. The lowest BCUT2D eigenvalue weighted by Crippen LogP contribution is -2.42. The molecule has 0 bridgehead atoms. The first-order valence-electron chi connectivity index (χ1n) is 9.11. The Bertz CT molecular complexity index is 991. The number of carbonyl (C=O) groups excluding carboxylic acids is 1. The fraction of sp³-hybridized carbons (Fsp3) is 0.318. The normalized spacial score (nSPS) is 15.7. The van der Waals surface area contributed by atoms with Crippen LogP contribution >= 0.6 is 0 Å². The number of carbonyl (C=O) groups is 1. The molecule has 0 aliphatic carbocycles. The van der Waals surface area contributed by atoms with Crippen LogP contribution in [0.3, 0.4) is 0 Å². The molecule has 5 nitrogen and oxygen atoms in total. The lowest BCUT2D eigenvalue weighted by Gasteiger charge is -2.29. The third-order valence-electron chi connectivity index (χ3n) is 5.15. The summed E-state index contributed by atoms with van der Waals surface area (Å²) in [6.45, 7) is 5.00. The molecule has 0 radical (unpaired) electrons. The molecule has 5 heteroatoms. The zero-order valence-electron chi connectivity index (χ0n) is 15.8. The highest BCUT2D eigenvalue weighted by molar-refractivity contribution is 5.89. The van der Waals surface area contributed by atoms with Crippen molar-refractivity contribution in [1.29, 1.82) is 0 Å². The summed E-state index contributed by atoms with van der Waals surface area (Å²) in [6.07, 6.45) is 1.81. The van der Waals surface area contributed by atoms with E-state index in [2.05, 4.69) is 13.0 Å². The lowest BCUT2D eigenvalue weighted by atomic mass is 10.0. The van der Waals surface area contributed by atoms with Crippen molar-refractivity contribution < 1.29 is 18.7 Å².